The van der Waals surface area contributed by atoms with E-state index in [0.717, 1.165) is 0 Å². The van der Waals surface area contributed by atoms with Gasteiger partial charge in [0.1, 0.15) is 23.5 Å². The van der Waals surface area contributed by atoms with Gasteiger partial charge < -0.3 is 9.26 Å². The highest BCUT2D eigenvalue weighted by Gasteiger charge is 2.32. The smallest absolute Gasteiger partial charge is 0.243 e. The van der Waals surface area contributed by atoms with E-state index in [9.17, 15) is 13.2 Å². The maximum absolute atomic E-state index is 12.4. The van der Waals surface area contributed by atoms with Crippen LogP contribution in [0.25, 0.3) is 0 Å². The first-order valence-corrected chi connectivity index (χ1v) is 8.48. The highest BCUT2D eigenvalue weighted by atomic mass is 32.2. The summed E-state index contributed by atoms with van der Waals surface area (Å²) in [7, 11) is -2.31. The van der Waals surface area contributed by atoms with Gasteiger partial charge in [-0.05, 0) is 31.5 Å². The lowest BCUT2D eigenvalue weighted by atomic mass is 9.84. The van der Waals surface area contributed by atoms with E-state index >= 15 is 0 Å². The lowest BCUT2D eigenvalue weighted by molar-refractivity contribution is -0.123. The van der Waals surface area contributed by atoms with Gasteiger partial charge in [-0.3, -0.25) is 9.52 Å². The number of nitrogens with one attached hydrogen (secondary N) is 1. The second kappa shape index (κ2) is 6.41. The van der Waals surface area contributed by atoms with Crippen LogP contribution in [0, 0.1) is 0 Å². The molecule has 0 bridgehead atoms. The minimum Gasteiger partial charge on any atom is -0.497 e. The number of methoxy groups -OCH3 is 1. The number of hydrogen-bond acceptors (Lipinski definition) is 6. The molecule has 1 N–H and O–H groups in total. The van der Waals surface area contributed by atoms with Crippen molar-refractivity contribution in [3.05, 3.63) is 47.9 Å². The molecule has 1 aromatic heterocycles. The number of ether oxygens (including phenoxy) is 1. The summed E-state index contributed by atoms with van der Waals surface area (Å²) in [5, 5.41) is 3.53. The summed E-state index contributed by atoms with van der Waals surface area (Å²) in [6.07, 6.45) is 1.27. The molecule has 7 nitrogen and oxygen atoms in total. The van der Waals surface area contributed by atoms with Crippen LogP contribution in [0.3, 0.4) is 0 Å². The van der Waals surface area contributed by atoms with Gasteiger partial charge in [-0.25, -0.2) is 8.42 Å². The van der Waals surface area contributed by atoms with Gasteiger partial charge >= 0.3 is 0 Å². The maximum atomic E-state index is 12.4. The van der Waals surface area contributed by atoms with Crippen LogP contribution in [0.15, 0.2) is 41.1 Å². The lowest BCUT2D eigenvalue weighted by Gasteiger charge is -2.24. The van der Waals surface area contributed by atoms with Crippen molar-refractivity contribution < 1.29 is 22.5 Å². The highest BCUT2D eigenvalue weighted by Crippen LogP contribution is 2.25. The van der Waals surface area contributed by atoms with Crippen molar-refractivity contribution in [3.8, 4) is 5.75 Å². The van der Waals surface area contributed by atoms with Crippen molar-refractivity contribution in [1.82, 2.24) is 9.88 Å². The molecule has 2 rings (SSSR count). The summed E-state index contributed by atoms with van der Waals surface area (Å²) < 4.78 is 35.8. The second-order valence-electron chi connectivity index (χ2n) is 5.53. The Morgan fingerprint density at radius 3 is 2.43 bits per heavy atom. The molecule has 0 aliphatic carbocycles. The van der Waals surface area contributed by atoms with Gasteiger partial charge in [-0.15, -0.1) is 0 Å². The predicted molar refractivity (Wildman–Crippen MR) is 83.3 cm³/mol. The van der Waals surface area contributed by atoms with Gasteiger partial charge in [0.05, 0.1) is 12.5 Å². The van der Waals surface area contributed by atoms with Crippen molar-refractivity contribution in [2.75, 3.05) is 7.11 Å². The molecule has 0 saturated carbocycles. The molecular formula is C15H18N2O5S. The van der Waals surface area contributed by atoms with E-state index in [1.807, 2.05) is 0 Å². The van der Waals surface area contributed by atoms with Gasteiger partial charge in [0.15, 0.2) is 0 Å². The molecule has 1 aromatic carbocycles. The summed E-state index contributed by atoms with van der Waals surface area (Å²) in [6, 6.07) is 8.31. The second-order valence-corrected chi connectivity index (χ2v) is 7.26. The Morgan fingerprint density at radius 1 is 1.26 bits per heavy atom. The largest absolute Gasteiger partial charge is 0.497 e. The summed E-state index contributed by atoms with van der Waals surface area (Å²) in [4.78, 5) is 12.4. The molecule has 2 aromatic rings. The Hall–Kier alpha value is -2.35. The van der Waals surface area contributed by atoms with Crippen molar-refractivity contribution in [2.24, 2.45) is 0 Å². The molecule has 1 amide bonds. The SMILES string of the molecule is COc1ccc(C(C)(C)C(=O)NS(=O)(=O)Cc2ccon2)cc1. The minimum atomic E-state index is -3.85. The van der Waals surface area contributed by atoms with E-state index in [-0.39, 0.29) is 5.69 Å². The molecule has 0 aliphatic rings. The molecule has 0 spiro atoms. The lowest BCUT2D eigenvalue weighted by Crippen LogP contribution is -2.43. The molecule has 0 aliphatic heterocycles. The van der Waals surface area contributed by atoms with Gasteiger partial charge in [0.25, 0.3) is 0 Å². The third kappa shape index (κ3) is 4.10. The Morgan fingerprint density at radius 2 is 1.91 bits per heavy atom. The summed E-state index contributed by atoms with van der Waals surface area (Å²) in [6.45, 7) is 3.30. The van der Waals surface area contributed by atoms with Crippen molar-refractivity contribution in [2.45, 2.75) is 25.0 Å². The average Bonchev–Trinajstić information content (AvgIpc) is 2.98. The van der Waals surface area contributed by atoms with Gasteiger partial charge in [-0.2, -0.15) is 0 Å². The molecule has 0 radical (unpaired) electrons. The molecular weight excluding hydrogens is 320 g/mol. The van der Waals surface area contributed by atoms with Gasteiger partial charge in [0, 0.05) is 6.07 Å². The van der Waals surface area contributed by atoms with Crippen LogP contribution in [-0.4, -0.2) is 26.6 Å². The zero-order valence-electron chi connectivity index (χ0n) is 13.1. The number of aromatic nitrogens is 1. The molecule has 1 heterocycles. The average molecular weight is 338 g/mol. The topological polar surface area (TPSA) is 98.5 Å². The number of nitrogens with zero attached hydrogens (tertiary/aromatic N) is 1. The van der Waals surface area contributed by atoms with Crippen molar-refractivity contribution in [3.63, 3.8) is 0 Å². The number of benzene rings is 1. The molecule has 0 unspecified atom stereocenters. The molecule has 0 saturated heterocycles. The first-order chi connectivity index (χ1) is 10.7. The Labute approximate surface area is 134 Å². The van der Waals surface area contributed by atoms with Crippen LogP contribution in [0.5, 0.6) is 5.75 Å². The fourth-order valence-corrected chi connectivity index (χ4v) is 3.10. The maximum Gasteiger partial charge on any atom is 0.243 e. The van der Waals surface area contributed by atoms with Crippen LogP contribution < -0.4 is 9.46 Å². The fraction of sp³-hybridized carbons (Fsp3) is 0.333. The van der Waals surface area contributed by atoms with Crippen LogP contribution in [-0.2, 0) is 26.0 Å². The molecule has 124 valence electrons. The minimum absolute atomic E-state index is 0.229. The van der Waals surface area contributed by atoms with Crippen LogP contribution >= 0.6 is 0 Å². The van der Waals surface area contributed by atoms with Crippen LogP contribution in [0.2, 0.25) is 0 Å². The number of rotatable bonds is 6. The number of carbonyl (C=O) groups excluding carboxylic acids is 1. The monoisotopic (exact) mass is 338 g/mol. The number of carbonyl (C=O) groups is 1. The number of amides is 1. The number of hydrogen-bond donors (Lipinski definition) is 1. The predicted octanol–water partition coefficient (Wildman–Crippen LogP) is 1.61. The highest BCUT2D eigenvalue weighted by molar-refractivity contribution is 7.89. The van der Waals surface area contributed by atoms with E-state index in [2.05, 4.69) is 14.4 Å². The zero-order valence-corrected chi connectivity index (χ0v) is 13.9. The summed E-state index contributed by atoms with van der Waals surface area (Å²) >= 11 is 0. The quantitative estimate of drug-likeness (QED) is 0.859. The van der Waals surface area contributed by atoms with E-state index in [1.54, 1.807) is 45.2 Å². The number of sulfonamides is 1. The summed E-state index contributed by atoms with van der Waals surface area (Å²) in [5.41, 5.74) is -0.122. The van der Waals surface area contributed by atoms with Crippen molar-refractivity contribution in [1.29, 1.82) is 0 Å². The van der Waals surface area contributed by atoms with E-state index in [4.69, 9.17) is 4.74 Å². The normalized spacial score (nSPS) is 12.0. The van der Waals surface area contributed by atoms with Gasteiger partial charge in [0.2, 0.25) is 15.9 Å². The van der Waals surface area contributed by atoms with E-state index < -0.39 is 27.1 Å². The fourth-order valence-electron chi connectivity index (χ4n) is 1.95. The van der Waals surface area contributed by atoms with E-state index in [0.29, 0.717) is 11.3 Å². The molecule has 8 heteroatoms. The first kappa shape index (κ1) is 17.0. The Bertz CT molecular complexity index is 765. The third-order valence-corrected chi connectivity index (χ3v) is 4.63. The third-order valence-electron chi connectivity index (χ3n) is 3.46. The standard InChI is InChI=1S/C15H18N2O5S/c1-15(2,11-4-6-13(21-3)7-5-11)14(18)17-23(19,20)10-12-8-9-22-16-12/h4-9H,10H2,1-3H3,(H,17,18). The zero-order chi connectivity index (χ0) is 17.1. The first-order valence-electron chi connectivity index (χ1n) is 6.83. The Balaban J connectivity index is 2.14. The van der Waals surface area contributed by atoms with E-state index in [1.165, 1.54) is 12.3 Å². The van der Waals surface area contributed by atoms with Gasteiger partial charge in [-0.1, -0.05) is 17.3 Å². The van der Waals surface area contributed by atoms with Crippen LogP contribution in [0.1, 0.15) is 25.1 Å². The summed E-state index contributed by atoms with van der Waals surface area (Å²) in [5.74, 6) is -0.386. The molecule has 0 fully saturated rings. The van der Waals surface area contributed by atoms with Crippen molar-refractivity contribution >= 4 is 15.9 Å². The molecule has 23 heavy (non-hydrogen) atoms. The molecule has 0 atom stereocenters. The van der Waals surface area contributed by atoms with Crippen LogP contribution in [0.4, 0.5) is 0 Å². The Kier molecular flexibility index (Phi) is 4.74.